The summed E-state index contributed by atoms with van der Waals surface area (Å²) < 4.78 is 0. The fraction of sp³-hybridized carbons (Fsp3) is 1.00. The molecule has 0 saturated carbocycles. The van der Waals surface area contributed by atoms with Crippen LogP contribution >= 0.6 is 0 Å². The number of likely N-dealkylation sites (N-methyl/N-ethyl adjacent to an activating group) is 1. The molecule has 0 aliphatic rings. The predicted octanol–water partition coefficient (Wildman–Crippen LogP) is 2.10. The van der Waals surface area contributed by atoms with Crippen molar-refractivity contribution in [2.24, 2.45) is 0 Å². The Bertz CT molecular complexity index is 113. The molecule has 0 heterocycles. The summed E-state index contributed by atoms with van der Waals surface area (Å²) in [7, 11) is 2.18. The molecule has 0 aromatic rings. The van der Waals surface area contributed by atoms with Gasteiger partial charge in [0.05, 0.1) is 0 Å². The van der Waals surface area contributed by atoms with Gasteiger partial charge in [0.15, 0.2) is 0 Å². The molecular weight excluding hydrogens is 160 g/mol. The molecule has 0 radical (unpaired) electrons. The predicted molar refractivity (Wildman–Crippen MR) is 60.1 cm³/mol. The molecule has 0 fully saturated rings. The molecule has 2 nitrogen and oxygen atoms in total. The summed E-state index contributed by atoms with van der Waals surface area (Å²) in [5, 5.41) is 3.53. The summed E-state index contributed by atoms with van der Waals surface area (Å²) in [6.45, 7) is 11.2. The molecule has 0 rings (SSSR count). The van der Waals surface area contributed by atoms with Crippen LogP contribution < -0.4 is 5.32 Å². The molecule has 0 aliphatic carbocycles. The largest absolute Gasteiger partial charge is 0.313 e. The third kappa shape index (κ3) is 7.03. The maximum absolute atomic E-state index is 3.53. The van der Waals surface area contributed by atoms with Crippen molar-refractivity contribution in [2.75, 3.05) is 20.1 Å². The zero-order valence-electron chi connectivity index (χ0n) is 9.93. The lowest BCUT2D eigenvalue weighted by Gasteiger charge is -2.22. The molecule has 1 N–H and O–H groups in total. The summed E-state index contributed by atoms with van der Waals surface area (Å²) in [4.78, 5) is 2.37. The second-order valence-electron chi connectivity index (χ2n) is 4.22. The van der Waals surface area contributed by atoms with Gasteiger partial charge in [0.2, 0.25) is 0 Å². The van der Waals surface area contributed by atoms with Crippen molar-refractivity contribution in [3.8, 4) is 0 Å². The molecule has 0 bridgehead atoms. The number of rotatable bonds is 7. The van der Waals surface area contributed by atoms with Crippen LogP contribution in [0.5, 0.6) is 0 Å². The first-order chi connectivity index (χ1) is 6.07. The van der Waals surface area contributed by atoms with Crippen LogP contribution in [0.15, 0.2) is 0 Å². The SMILES string of the molecule is CCCC(C)NCCN(C)C(C)C. The minimum atomic E-state index is 0.656. The lowest BCUT2D eigenvalue weighted by atomic mass is 10.2. The molecule has 0 spiro atoms. The average molecular weight is 186 g/mol. The Labute approximate surface area is 83.7 Å². The minimum Gasteiger partial charge on any atom is -0.313 e. The standard InChI is InChI=1S/C11H26N2/c1-6-7-11(4)12-8-9-13(5)10(2)3/h10-12H,6-9H2,1-5H3. The molecular formula is C11H26N2. The molecule has 0 saturated heterocycles. The van der Waals surface area contributed by atoms with Crippen LogP contribution in [0.25, 0.3) is 0 Å². The number of nitrogens with one attached hydrogen (secondary N) is 1. The van der Waals surface area contributed by atoms with Crippen LogP contribution in [0.4, 0.5) is 0 Å². The van der Waals surface area contributed by atoms with Gasteiger partial charge in [0.25, 0.3) is 0 Å². The van der Waals surface area contributed by atoms with Gasteiger partial charge in [-0.3, -0.25) is 0 Å². The van der Waals surface area contributed by atoms with Crippen molar-refractivity contribution in [1.82, 2.24) is 10.2 Å². The van der Waals surface area contributed by atoms with Gasteiger partial charge in [-0.2, -0.15) is 0 Å². The Kier molecular flexibility index (Phi) is 7.29. The van der Waals surface area contributed by atoms with Gasteiger partial charge in [0.1, 0.15) is 0 Å². The zero-order chi connectivity index (χ0) is 10.3. The maximum atomic E-state index is 3.53. The Morgan fingerprint density at radius 1 is 1.23 bits per heavy atom. The molecule has 13 heavy (non-hydrogen) atoms. The quantitative estimate of drug-likeness (QED) is 0.655. The van der Waals surface area contributed by atoms with Gasteiger partial charge in [-0.1, -0.05) is 13.3 Å². The first-order valence-electron chi connectivity index (χ1n) is 5.51. The van der Waals surface area contributed by atoms with Gasteiger partial charge in [-0.05, 0) is 34.2 Å². The number of nitrogens with zero attached hydrogens (tertiary/aromatic N) is 1. The summed E-state index contributed by atoms with van der Waals surface area (Å²) in [6, 6.07) is 1.33. The van der Waals surface area contributed by atoms with Crippen molar-refractivity contribution >= 4 is 0 Å². The Hall–Kier alpha value is -0.0800. The summed E-state index contributed by atoms with van der Waals surface area (Å²) in [5.41, 5.74) is 0. The normalized spacial score (nSPS) is 14.1. The van der Waals surface area contributed by atoms with Crippen LogP contribution in [0.1, 0.15) is 40.5 Å². The highest BCUT2D eigenvalue weighted by molar-refractivity contribution is 4.63. The van der Waals surface area contributed by atoms with Crippen LogP contribution in [-0.2, 0) is 0 Å². The summed E-state index contributed by atoms with van der Waals surface area (Å²) in [5.74, 6) is 0. The molecule has 0 aromatic carbocycles. The van der Waals surface area contributed by atoms with E-state index in [-0.39, 0.29) is 0 Å². The van der Waals surface area contributed by atoms with Gasteiger partial charge in [0, 0.05) is 25.2 Å². The summed E-state index contributed by atoms with van der Waals surface area (Å²) >= 11 is 0. The van der Waals surface area contributed by atoms with E-state index >= 15 is 0 Å². The van der Waals surface area contributed by atoms with E-state index in [2.05, 4.69) is 45.0 Å². The molecule has 0 aliphatic heterocycles. The van der Waals surface area contributed by atoms with Crippen molar-refractivity contribution in [3.63, 3.8) is 0 Å². The molecule has 0 aromatic heterocycles. The molecule has 1 unspecified atom stereocenters. The average Bonchev–Trinajstić information content (AvgIpc) is 2.04. The molecule has 1 atom stereocenters. The second kappa shape index (κ2) is 7.34. The van der Waals surface area contributed by atoms with E-state index in [1.165, 1.54) is 12.8 Å². The van der Waals surface area contributed by atoms with E-state index in [0.717, 1.165) is 13.1 Å². The fourth-order valence-electron chi connectivity index (χ4n) is 1.28. The van der Waals surface area contributed by atoms with Gasteiger partial charge in [-0.15, -0.1) is 0 Å². The first kappa shape index (κ1) is 12.9. The van der Waals surface area contributed by atoms with Gasteiger partial charge >= 0.3 is 0 Å². The zero-order valence-corrected chi connectivity index (χ0v) is 9.93. The minimum absolute atomic E-state index is 0.656. The van der Waals surface area contributed by atoms with Crippen molar-refractivity contribution in [1.29, 1.82) is 0 Å². The van der Waals surface area contributed by atoms with Crippen molar-refractivity contribution < 1.29 is 0 Å². The second-order valence-corrected chi connectivity index (χ2v) is 4.22. The maximum Gasteiger partial charge on any atom is 0.0107 e. The smallest absolute Gasteiger partial charge is 0.0107 e. The van der Waals surface area contributed by atoms with E-state index < -0.39 is 0 Å². The van der Waals surface area contributed by atoms with Crippen molar-refractivity contribution in [3.05, 3.63) is 0 Å². The number of hydrogen-bond acceptors (Lipinski definition) is 2. The third-order valence-corrected chi connectivity index (χ3v) is 2.56. The van der Waals surface area contributed by atoms with E-state index in [9.17, 15) is 0 Å². The Balaban J connectivity index is 3.33. The first-order valence-corrected chi connectivity index (χ1v) is 5.51. The molecule has 0 amide bonds. The fourth-order valence-corrected chi connectivity index (χ4v) is 1.28. The molecule has 2 heteroatoms. The van der Waals surface area contributed by atoms with Crippen LogP contribution in [0, 0.1) is 0 Å². The third-order valence-electron chi connectivity index (χ3n) is 2.56. The summed E-state index contributed by atoms with van der Waals surface area (Å²) in [6.07, 6.45) is 2.56. The van der Waals surface area contributed by atoms with Crippen LogP contribution in [0.3, 0.4) is 0 Å². The lowest BCUT2D eigenvalue weighted by Crippen LogP contribution is -2.36. The van der Waals surface area contributed by atoms with E-state index in [4.69, 9.17) is 0 Å². The highest BCUT2D eigenvalue weighted by Gasteiger charge is 2.03. The lowest BCUT2D eigenvalue weighted by molar-refractivity contribution is 0.269. The van der Waals surface area contributed by atoms with Crippen LogP contribution in [0.2, 0.25) is 0 Å². The van der Waals surface area contributed by atoms with Gasteiger partial charge in [-0.25, -0.2) is 0 Å². The Morgan fingerprint density at radius 3 is 2.31 bits per heavy atom. The highest BCUT2D eigenvalue weighted by Crippen LogP contribution is 1.95. The monoisotopic (exact) mass is 186 g/mol. The molecule has 80 valence electrons. The Morgan fingerprint density at radius 2 is 1.85 bits per heavy atom. The van der Waals surface area contributed by atoms with Crippen LogP contribution in [-0.4, -0.2) is 37.1 Å². The van der Waals surface area contributed by atoms with E-state index in [1.807, 2.05) is 0 Å². The van der Waals surface area contributed by atoms with E-state index in [1.54, 1.807) is 0 Å². The highest BCUT2D eigenvalue weighted by atomic mass is 15.1. The van der Waals surface area contributed by atoms with E-state index in [0.29, 0.717) is 12.1 Å². The topological polar surface area (TPSA) is 15.3 Å². The van der Waals surface area contributed by atoms with Gasteiger partial charge < -0.3 is 10.2 Å². The van der Waals surface area contributed by atoms with Crippen molar-refractivity contribution in [2.45, 2.75) is 52.6 Å². The number of hydrogen-bond donors (Lipinski definition) is 1.